The average molecular weight is 258 g/mol. The predicted molar refractivity (Wildman–Crippen MR) is 79.9 cm³/mol. The molecule has 0 saturated heterocycles. The van der Waals surface area contributed by atoms with Gasteiger partial charge in [-0.05, 0) is 74.0 Å². The molecule has 0 spiro atoms. The van der Waals surface area contributed by atoms with E-state index in [-0.39, 0.29) is 6.04 Å². The Morgan fingerprint density at radius 1 is 0.947 bits per heavy atom. The zero-order valence-electron chi connectivity index (χ0n) is 11.8. The molecular formula is C17H26N2. The second-order valence-corrected chi connectivity index (χ2v) is 6.44. The SMILES string of the molecule is NC1CCC(C(N)c2ccc3c(c2)CCCC3)CC1. The largest absolute Gasteiger partial charge is 0.328 e. The molecule has 0 bridgehead atoms. The van der Waals surface area contributed by atoms with Crippen LogP contribution in [-0.2, 0) is 12.8 Å². The van der Waals surface area contributed by atoms with E-state index in [1.54, 1.807) is 11.1 Å². The summed E-state index contributed by atoms with van der Waals surface area (Å²) < 4.78 is 0. The Balaban J connectivity index is 1.74. The van der Waals surface area contributed by atoms with E-state index in [0.717, 1.165) is 12.8 Å². The number of hydrogen-bond donors (Lipinski definition) is 2. The van der Waals surface area contributed by atoms with Crippen LogP contribution in [0.5, 0.6) is 0 Å². The summed E-state index contributed by atoms with van der Waals surface area (Å²) in [5, 5.41) is 0. The summed E-state index contributed by atoms with van der Waals surface area (Å²) in [5.41, 5.74) is 16.9. The van der Waals surface area contributed by atoms with Crippen LogP contribution in [0.1, 0.15) is 61.3 Å². The normalized spacial score (nSPS) is 28.7. The number of benzene rings is 1. The van der Waals surface area contributed by atoms with Gasteiger partial charge in [-0.3, -0.25) is 0 Å². The van der Waals surface area contributed by atoms with E-state index in [2.05, 4.69) is 18.2 Å². The monoisotopic (exact) mass is 258 g/mol. The number of rotatable bonds is 2. The molecule has 1 aromatic carbocycles. The fourth-order valence-corrected chi connectivity index (χ4v) is 3.74. The standard InChI is InChI=1S/C17H26N2/c18-16-9-7-13(8-10-16)17(19)15-6-5-12-3-1-2-4-14(12)11-15/h5-6,11,13,16-17H,1-4,7-10,18-19H2. The molecular weight excluding hydrogens is 232 g/mol. The van der Waals surface area contributed by atoms with Gasteiger partial charge in [-0.2, -0.15) is 0 Å². The molecule has 0 heterocycles. The molecule has 19 heavy (non-hydrogen) atoms. The molecule has 0 aliphatic heterocycles. The van der Waals surface area contributed by atoms with E-state index in [4.69, 9.17) is 11.5 Å². The van der Waals surface area contributed by atoms with Crippen LogP contribution in [-0.4, -0.2) is 6.04 Å². The van der Waals surface area contributed by atoms with Gasteiger partial charge < -0.3 is 11.5 Å². The zero-order valence-corrected chi connectivity index (χ0v) is 11.8. The Bertz CT molecular complexity index is 433. The van der Waals surface area contributed by atoms with Gasteiger partial charge >= 0.3 is 0 Å². The summed E-state index contributed by atoms with van der Waals surface area (Å²) in [6.07, 6.45) is 9.85. The second kappa shape index (κ2) is 5.64. The van der Waals surface area contributed by atoms with Crippen LogP contribution in [0.3, 0.4) is 0 Å². The van der Waals surface area contributed by atoms with Crippen LogP contribution in [0.4, 0.5) is 0 Å². The highest BCUT2D eigenvalue weighted by atomic mass is 14.7. The highest BCUT2D eigenvalue weighted by molar-refractivity contribution is 5.35. The molecule has 3 rings (SSSR count). The number of aryl methyl sites for hydroxylation is 2. The molecule has 0 aromatic heterocycles. The molecule has 2 heteroatoms. The summed E-state index contributed by atoms with van der Waals surface area (Å²) in [6.45, 7) is 0. The van der Waals surface area contributed by atoms with Crippen LogP contribution in [0.2, 0.25) is 0 Å². The van der Waals surface area contributed by atoms with E-state index < -0.39 is 0 Å². The Kier molecular flexibility index (Phi) is 3.90. The number of hydrogen-bond acceptors (Lipinski definition) is 2. The Hall–Kier alpha value is -0.860. The lowest BCUT2D eigenvalue weighted by Crippen LogP contribution is -2.31. The van der Waals surface area contributed by atoms with Gasteiger partial charge in [0.1, 0.15) is 0 Å². The van der Waals surface area contributed by atoms with Crippen molar-refractivity contribution in [3.05, 3.63) is 34.9 Å². The number of nitrogens with two attached hydrogens (primary N) is 2. The molecule has 2 nitrogen and oxygen atoms in total. The van der Waals surface area contributed by atoms with Crippen molar-refractivity contribution in [3.63, 3.8) is 0 Å². The minimum absolute atomic E-state index is 0.208. The van der Waals surface area contributed by atoms with Crippen molar-refractivity contribution in [2.24, 2.45) is 17.4 Å². The third-order valence-corrected chi connectivity index (χ3v) is 5.08. The lowest BCUT2D eigenvalue weighted by atomic mass is 9.79. The highest BCUT2D eigenvalue weighted by Crippen LogP contribution is 2.34. The van der Waals surface area contributed by atoms with Crippen molar-refractivity contribution in [2.45, 2.75) is 63.5 Å². The Morgan fingerprint density at radius 3 is 2.37 bits per heavy atom. The fraction of sp³-hybridized carbons (Fsp3) is 0.647. The fourth-order valence-electron chi connectivity index (χ4n) is 3.74. The molecule has 2 aliphatic rings. The maximum absolute atomic E-state index is 6.51. The first-order chi connectivity index (χ1) is 9.24. The van der Waals surface area contributed by atoms with Gasteiger partial charge in [0.25, 0.3) is 0 Å². The Labute approximate surface area is 116 Å². The first-order valence-corrected chi connectivity index (χ1v) is 7.87. The van der Waals surface area contributed by atoms with E-state index in [1.807, 2.05) is 0 Å². The van der Waals surface area contributed by atoms with E-state index >= 15 is 0 Å². The summed E-state index contributed by atoms with van der Waals surface area (Å²) >= 11 is 0. The summed E-state index contributed by atoms with van der Waals surface area (Å²) in [7, 11) is 0. The van der Waals surface area contributed by atoms with Crippen molar-refractivity contribution in [1.29, 1.82) is 0 Å². The molecule has 1 aromatic rings. The van der Waals surface area contributed by atoms with Crippen LogP contribution in [0.15, 0.2) is 18.2 Å². The van der Waals surface area contributed by atoms with Gasteiger partial charge in [-0.25, -0.2) is 0 Å². The third-order valence-electron chi connectivity index (χ3n) is 5.08. The summed E-state index contributed by atoms with van der Waals surface area (Å²) in [4.78, 5) is 0. The smallest absolute Gasteiger partial charge is 0.0323 e. The molecule has 0 amide bonds. The predicted octanol–water partition coefficient (Wildman–Crippen LogP) is 3.08. The summed E-state index contributed by atoms with van der Waals surface area (Å²) in [5.74, 6) is 0.626. The topological polar surface area (TPSA) is 52.0 Å². The highest BCUT2D eigenvalue weighted by Gasteiger charge is 2.25. The van der Waals surface area contributed by atoms with Crippen LogP contribution >= 0.6 is 0 Å². The van der Waals surface area contributed by atoms with E-state index in [9.17, 15) is 0 Å². The lowest BCUT2D eigenvalue weighted by Gasteiger charge is -2.31. The van der Waals surface area contributed by atoms with Gasteiger partial charge in [0.05, 0.1) is 0 Å². The minimum Gasteiger partial charge on any atom is -0.328 e. The van der Waals surface area contributed by atoms with Crippen LogP contribution in [0, 0.1) is 5.92 Å². The van der Waals surface area contributed by atoms with Crippen LogP contribution in [0.25, 0.3) is 0 Å². The minimum atomic E-state index is 0.208. The van der Waals surface area contributed by atoms with E-state index in [0.29, 0.717) is 12.0 Å². The molecule has 1 atom stereocenters. The quantitative estimate of drug-likeness (QED) is 0.856. The maximum Gasteiger partial charge on any atom is 0.0323 e. The average Bonchev–Trinajstić information content (AvgIpc) is 2.47. The summed E-state index contributed by atoms with van der Waals surface area (Å²) in [6, 6.07) is 7.58. The third kappa shape index (κ3) is 2.85. The number of fused-ring (bicyclic) bond motifs is 1. The zero-order chi connectivity index (χ0) is 13.2. The van der Waals surface area contributed by atoms with E-state index in [1.165, 1.54) is 44.1 Å². The second-order valence-electron chi connectivity index (χ2n) is 6.44. The van der Waals surface area contributed by atoms with Crippen molar-refractivity contribution >= 4 is 0 Å². The Morgan fingerprint density at radius 2 is 1.63 bits per heavy atom. The van der Waals surface area contributed by atoms with Gasteiger partial charge in [-0.15, -0.1) is 0 Å². The van der Waals surface area contributed by atoms with Crippen LogP contribution < -0.4 is 11.5 Å². The molecule has 1 unspecified atom stereocenters. The molecule has 1 fully saturated rings. The van der Waals surface area contributed by atoms with Crippen molar-refractivity contribution < 1.29 is 0 Å². The lowest BCUT2D eigenvalue weighted by molar-refractivity contribution is 0.285. The maximum atomic E-state index is 6.51. The van der Waals surface area contributed by atoms with Gasteiger partial charge in [0, 0.05) is 12.1 Å². The van der Waals surface area contributed by atoms with Gasteiger partial charge in [-0.1, -0.05) is 18.2 Å². The van der Waals surface area contributed by atoms with Crippen molar-refractivity contribution in [3.8, 4) is 0 Å². The van der Waals surface area contributed by atoms with Gasteiger partial charge in [0.15, 0.2) is 0 Å². The van der Waals surface area contributed by atoms with Crippen molar-refractivity contribution in [2.75, 3.05) is 0 Å². The molecule has 104 valence electrons. The first-order valence-electron chi connectivity index (χ1n) is 7.87. The molecule has 0 radical (unpaired) electrons. The van der Waals surface area contributed by atoms with Crippen molar-refractivity contribution in [1.82, 2.24) is 0 Å². The molecule has 4 N–H and O–H groups in total. The molecule has 2 aliphatic carbocycles. The first kappa shape index (κ1) is 13.1. The van der Waals surface area contributed by atoms with Gasteiger partial charge in [0.2, 0.25) is 0 Å². The molecule has 1 saturated carbocycles.